The SMILES string of the molecule is CC(C)C1CCN(C(=O)CNc2ccccc2)CC1.Cl. The molecule has 112 valence electrons. The number of nitrogens with one attached hydrogen (secondary N) is 1. The average molecular weight is 297 g/mol. The van der Waals surface area contributed by atoms with E-state index in [0.29, 0.717) is 6.54 Å². The van der Waals surface area contributed by atoms with E-state index in [-0.39, 0.29) is 18.3 Å². The number of hydrogen-bond acceptors (Lipinski definition) is 2. The van der Waals surface area contributed by atoms with Crippen LogP contribution in [0.1, 0.15) is 26.7 Å². The molecule has 1 aromatic carbocycles. The molecule has 0 aliphatic carbocycles. The van der Waals surface area contributed by atoms with Gasteiger partial charge in [0.05, 0.1) is 6.54 Å². The summed E-state index contributed by atoms with van der Waals surface area (Å²) in [6.07, 6.45) is 2.30. The smallest absolute Gasteiger partial charge is 0.241 e. The Balaban J connectivity index is 0.00000200. The molecule has 0 saturated carbocycles. The van der Waals surface area contributed by atoms with Crippen LogP contribution in [0.2, 0.25) is 0 Å². The van der Waals surface area contributed by atoms with Crippen molar-refractivity contribution in [1.82, 2.24) is 4.90 Å². The standard InChI is InChI=1S/C16H24N2O.ClH/c1-13(2)14-8-10-18(11-9-14)16(19)12-17-15-6-4-3-5-7-15;/h3-7,13-14,17H,8-12H2,1-2H3;1H. The number of piperidine rings is 1. The fourth-order valence-corrected chi connectivity index (χ4v) is 2.66. The first-order valence-electron chi connectivity index (χ1n) is 7.23. The van der Waals surface area contributed by atoms with Gasteiger partial charge in [-0.1, -0.05) is 32.0 Å². The number of carbonyl (C=O) groups excluding carboxylic acids is 1. The predicted molar refractivity (Wildman–Crippen MR) is 86.3 cm³/mol. The fraction of sp³-hybridized carbons (Fsp3) is 0.562. The second-order valence-electron chi connectivity index (χ2n) is 5.68. The first-order valence-corrected chi connectivity index (χ1v) is 7.23. The van der Waals surface area contributed by atoms with Gasteiger partial charge in [-0.25, -0.2) is 0 Å². The van der Waals surface area contributed by atoms with Crippen LogP contribution in [0.4, 0.5) is 5.69 Å². The number of carbonyl (C=O) groups is 1. The minimum Gasteiger partial charge on any atom is -0.376 e. The van der Waals surface area contributed by atoms with E-state index in [1.54, 1.807) is 0 Å². The van der Waals surface area contributed by atoms with E-state index in [1.165, 1.54) is 0 Å². The number of benzene rings is 1. The maximum absolute atomic E-state index is 12.1. The molecule has 1 aliphatic rings. The van der Waals surface area contributed by atoms with Gasteiger partial charge >= 0.3 is 0 Å². The van der Waals surface area contributed by atoms with E-state index < -0.39 is 0 Å². The third kappa shape index (κ3) is 4.71. The Hall–Kier alpha value is -1.22. The van der Waals surface area contributed by atoms with E-state index >= 15 is 0 Å². The predicted octanol–water partition coefficient (Wildman–Crippen LogP) is 3.41. The van der Waals surface area contributed by atoms with Gasteiger partial charge in [0, 0.05) is 18.8 Å². The Kier molecular flexibility index (Phi) is 6.86. The zero-order valence-corrected chi connectivity index (χ0v) is 13.2. The van der Waals surface area contributed by atoms with Crippen LogP contribution in [0, 0.1) is 11.8 Å². The number of halogens is 1. The largest absolute Gasteiger partial charge is 0.376 e. The molecule has 0 aromatic heterocycles. The highest BCUT2D eigenvalue weighted by atomic mass is 35.5. The summed E-state index contributed by atoms with van der Waals surface area (Å²) in [7, 11) is 0. The molecular formula is C16H25ClN2O. The molecule has 0 spiro atoms. The van der Waals surface area contributed by atoms with Gasteiger partial charge in [-0.05, 0) is 36.8 Å². The van der Waals surface area contributed by atoms with Gasteiger partial charge in [-0.2, -0.15) is 0 Å². The number of amides is 1. The van der Waals surface area contributed by atoms with Gasteiger partial charge in [-0.15, -0.1) is 12.4 Å². The Morgan fingerprint density at radius 1 is 1.25 bits per heavy atom. The molecular weight excluding hydrogens is 272 g/mol. The van der Waals surface area contributed by atoms with Crippen molar-refractivity contribution in [2.24, 2.45) is 11.8 Å². The van der Waals surface area contributed by atoms with Crippen LogP contribution >= 0.6 is 12.4 Å². The van der Waals surface area contributed by atoms with Gasteiger partial charge in [0.25, 0.3) is 0 Å². The van der Waals surface area contributed by atoms with Crippen molar-refractivity contribution in [3.05, 3.63) is 30.3 Å². The second-order valence-corrected chi connectivity index (χ2v) is 5.68. The summed E-state index contributed by atoms with van der Waals surface area (Å²) in [6.45, 7) is 6.78. The number of hydrogen-bond donors (Lipinski definition) is 1. The minimum atomic E-state index is 0. The Morgan fingerprint density at radius 2 is 1.85 bits per heavy atom. The number of para-hydroxylation sites is 1. The number of nitrogens with zero attached hydrogens (tertiary/aromatic N) is 1. The van der Waals surface area contributed by atoms with E-state index in [1.807, 2.05) is 35.2 Å². The molecule has 3 nitrogen and oxygen atoms in total. The first-order chi connectivity index (χ1) is 9.16. The molecule has 1 aliphatic heterocycles. The van der Waals surface area contributed by atoms with E-state index in [0.717, 1.165) is 43.5 Å². The lowest BCUT2D eigenvalue weighted by Crippen LogP contribution is -2.42. The van der Waals surface area contributed by atoms with Crippen molar-refractivity contribution in [1.29, 1.82) is 0 Å². The number of likely N-dealkylation sites (tertiary alicyclic amines) is 1. The van der Waals surface area contributed by atoms with Gasteiger partial charge in [-0.3, -0.25) is 4.79 Å². The summed E-state index contributed by atoms with van der Waals surface area (Å²) in [5.74, 6) is 1.73. The molecule has 0 radical (unpaired) electrons. The molecule has 1 amide bonds. The third-order valence-corrected chi connectivity index (χ3v) is 4.05. The van der Waals surface area contributed by atoms with Crippen LogP contribution in [0.3, 0.4) is 0 Å². The monoisotopic (exact) mass is 296 g/mol. The molecule has 0 atom stereocenters. The van der Waals surface area contributed by atoms with Crippen molar-refractivity contribution in [3.63, 3.8) is 0 Å². The molecule has 20 heavy (non-hydrogen) atoms. The van der Waals surface area contributed by atoms with E-state index in [9.17, 15) is 4.79 Å². The quantitative estimate of drug-likeness (QED) is 0.923. The van der Waals surface area contributed by atoms with Gasteiger partial charge < -0.3 is 10.2 Å². The summed E-state index contributed by atoms with van der Waals surface area (Å²) in [5, 5.41) is 3.18. The summed E-state index contributed by atoms with van der Waals surface area (Å²) in [4.78, 5) is 14.1. The summed E-state index contributed by atoms with van der Waals surface area (Å²) in [6, 6.07) is 9.89. The van der Waals surface area contributed by atoms with Crippen molar-refractivity contribution in [2.45, 2.75) is 26.7 Å². The van der Waals surface area contributed by atoms with Crippen molar-refractivity contribution in [2.75, 3.05) is 25.0 Å². The van der Waals surface area contributed by atoms with Gasteiger partial charge in [0.1, 0.15) is 0 Å². The Labute approximate surface area is 128 Å². The minimum absolute atomic E-state index is 0. The van der Waals surface area contributed by atoms with Crippen molar-refractivity contribution < 1.29 is 4.79 Å². The second kappa shape index (κ2) is 8.15. The van der Waals surface area contributed by atoms with Crippen LogP contribution in [0.15, 0.2) is 30.3 Å². The lowest BCUT2D eigenvalue weighted by Gasteiger charge is -2.34. The van der Waals surface area contributed by atoms with Crippen molar-refractivity contribution >= 4 is 24.0 Å². The Morgan fingerprint density at radius 3 is 2.40 bits per heavy atom. The van der Waals surface area contributed by atoms with Crippen LogP contribution in [-0.4, -0.2) is 30.4 Å². The summed E-state index contributed by atoms with van der Waals surface area (Å²) < 4.78 is 0. The maximum Gasteiger partial charge on any atom is 0.241 e. The van der Waals surface area contributed by atoms with Crippen molar-refractivity contribution in [3.8, 4) is 0 Å². The zero-order chi connectivity index (χ0) is 13.7. The molecule has 2 rings (SSSR count). The first kappa shape index (κ1) is 16.8. The average Bonchev–Trinajstić information content (AvgIpc) is 2.46. The number of anilines is 1. The third-order valence-electron chi connectivity index (χ3n) is 4.05. The highest BCUT2D eigenvalue weighted by Crippen LogP contribution is 2.24. The molecule has 4 heteroatoms. The Bertz CT molecular complexity index is 400. The molecule has 1 N–H and O–H groups in total. The lowest BCUT2D eigenvalue weighted by molar-refractivity contribution is -0.130. The number of rotatable bonds is 4. The highest BCUT2D eigenvalue weighted by Gasteiger charge is 2.24. The van der Waals surface area contributed by atoms with Crippen LogP contribution in [0.25, 0.3) is 0 Å². The normalized spacial score (nSPS) is 15.8. The maximum atomic E-state index is 12.1. The molecule has 0 bridgehead atoms. The summed E-state index contributed by atoms with van der Waals surface area (Å²) in [5.41, 5.74) is 1.01. The topological polar surface area (TPSA) is 32.3 Å². The molecule has 1 aromatic rings. The zero-order valence-electron chi connectivity index (χ0n) is 12.3. The molecule has 1 heterocycles. The molecule has 1 fully saturated rings. The fourth-order valence-electron chi connectivity index (χ4n) is 2.66. The summed E-state index contributed by atoms with van der Waals surface area (Å²) >= 11 is 0. The lowest BCUT2D eigenvalue weighted by atomic mass is 9.87. The van der Waals surface area contributed by atoms with E-state index in [4.69, 9.17) is 0 Å². The molecule has 1 saturated heterocycles. The van der Waals surface area contributed by atoms with Crippen LogP contribution in [-0.2, 0) is 4.79 Å². The molecule has 0 unspecified atom stereocenters. The van der Waals surface area contributed by atoms with Crippen LogP contribution in [0.5, 0.6) is 0 Å². The van der Waals surface area contributed by atoms with Crippen LogP contribution < -0.4 is 5.32 Å². The van der Waals surface area contributed by atoms with Gasteiger partial charge in [0.15, 0.2) is 0 Å². The highest BCUT2D eigenvalue weighted by molar-refractivity contribution is 5.85. The van der Waals surface area contributed by atoms with Gasteiger partial charge in [0.2, 0.25) is 5.91 Å². The van der Waals surface area contributed by atoms with E-state index in [2.05, 4.69) is 19.2 Å².